The second kappa shape index (κ2) is 5.45. The summed E-state index contributed by atoms with van der Waals surface area (Å²) in [7, 11) is 0. The van der Waals surface area contributed by atoms with Crippen molar-refractivity contribution in [2.45, 2.75) is 44.0 Å². The highest BCUT2D eigenvalue weighted by molar-refractivity contribution is 9.09. The van der Waals surface area contributed by atoms with Crippen molar-refractivity contribution >= 4 is 15.9 Å². The Morgan fingerprint density at radius 2 is 2.16 bits per heavy atom. The minimum Gasteiger partial charge on any atom is -0.248 e. The van der Waals surface area contributed by atoms with Crippen LogP contribution in [0.25, 0.3) is 0 Å². The first-order valence-corrected chi connectivity index (χ1v) is 7.82. The first-order chi connectivity index (χ1) is 9.26. The molecule has 0 N–H and O–H groups in total. The van der Waals surface area contributed by atoms with E-state index < -0.39 is 0 Å². The molecule has 0 radical (unpaired) electrons. The molecule has 1 unspecified atom stereocenters. The van der Waals surface area contributed by atoms with E-state index in [-0.39, 0.29) is 0 Å². The van der Waals surface area contributed by atoms with Crippen molar-refractivity contribution in [1.29, 1.82) is 0 Å². The van der Waals surface area contributed by atoms with Gasteiger partial charge in [-0.05, 0) is 42.4 Å². The number of fused-ring (bicyclic) bond motifs is 1. The molecule has 1 aliphatic rings. The SMILES string of the molecule is CCC(Br)c1cn(Cc2ccc3c(c2)CCC3)nn1. The Bertz CT molecular complexity index is 577. The van der Waals surface area contributed by atoms with E-state index >= 15 is 0 Å². The summed E-state index contributed by atoms with van der Waals surface area (Å²) < 4.78 is 1.93. The summed E-state index contributed by atoms with van der Waals surface area (Å²) >= 11 is 3.61. The molecular formula is C15H18BrN3. The largest absolute Gasteiger partial charge is 0.248 e. The predicted molar refractivity (Wildman–Crippen MR) is 79.6 cm³/mol. The van der Waals surface area contributed by atoms with Crippen LogP contribution in [0.4, 0.5) is 0 Å². The number of hydrogen-bond donors (Lipinski definition) is 0. The average Bonchev–Trinajstić information content (AvgIpc) is 3.06. The van der Waals surface area contributed by atoms with Gasteiger partial charge in [0.05, 0.1) is 17.1 Å². The van der Waals surface area contributed by atoms with E-state index in [0.29, 0.717) is 4.83 Å². The fraction of sp³-hybridized carbons (Fsp3) is 0.467. The molecule has 3 nitrogen and oxygen atoms in total. The van der Waals surface area contributed by atoms with E-state index in [1.54, 1.807) is 0 Å². The maximum absolute atomic E-state index is 4.22. The molecule has 0 saturated heterocycles. The van der Waals surface area contributed by atoms with Crippen molar-refractivity contribution in [3.63, 3.8) is 0 Å². The number of benzene rings is 1. The van der Waals surface area contributed by atoms with E-state index in [1.165, 1.54) is 36.0 Å². The molecule has 0 aliphatic heterocycles. The van der Waals surface area contributed by atoms with Crippen molar-refractivity contribution in [3.05, 3.63) is 46.8 Å². The van der Waals surface area contributed by atoms with Crippen LogP contribution in [-0.4, -0.2) is 15.0 Å². The number of rotatable bonds is 4. The summed E-state index contributed by atoms with van der Waals surface area (Å²) in [4.78, 5) is 0.307. The fourth-order valence-corrected chi connectivity index (χ4v) is 2.86. The van der Waals surface area contributed by atoms with Gasteiger partial charge in [-0.15, -0.1) is 5.10 Å². The summed E-state index contributed by atoms with van der Waals surface area (Å²) in [6, 6.07) is 6.82. The van der Waals surface area contributed by atoms with E-state index in [4.69, 9.17) is 0 Å². The molecule has 1 aromatic carbocycles. The Kier molecular flexibility index (Phi) is 3.69. The van der Waals surface area contributed by atoms with Gasteiger partial charge < -0.3 is 0 Å². The molecule has 0 saturated carbocycles. The Morgan fingerprint density at radius 3 is 3.00 bits per heavy atom. The number of aryl methyl sites for hydroxylation is 2. The fourth-order valence-electron chi connectivity index (χ4n) is 2.65. The first-order valence-electron chi connectivity index (χ1n) is 6.91. The normalized spacial score (nSPS) is 15.5. The predicted octanol–water partition coefficient (Wildman–Crippen LogP) is 3.66. The molecule has 0 fully saturated rings. The van der Waals surface area contributed by atoms with E-state index in [1.807, 2.05) is 10.9 Å². The highest BCUT2D eigenvalue weighted by Crippen LogP contribution is 2.25. The zero-order valence-corrected chi connectivity index (χ0v) is 12.7. The Morgan fingerprint density at radius 1 is 1.32 bits per heavy atom. The number of nitrogens with zero attached hydrogens (tertiary/aromatic N) is 3. The van der Waals surface area contributed by atoms with Gasteiger partial charge in [0.25, 0.3) is 0 Å². The molecular weight excluding hydrogens is 302 g/mol. The monoisotopic (exact) mass is 319 g/mol. The van der Waals surface area contributed by atoms with Crippen LogP contribution in [0.15, 0.2) is 24.4 Å². The third-order valence-electron chi connectivity index (χ3n) is 3.74. The molecule has 0 spiro atoms. The first kappa shape index (κ1) is 12.9. The summed E-state index contributed by atoms with van der Waals surface area (Å²) in [5.74, 6) is 0. The maximum atomic E-state index is 4.22. The van der Waals surface area contributed by atoms with Crippen molar-refractivity contribution in [3.8, 4) is 0 Å². The third-order valence-corrected chi connectivity index (χ3v) is 4.86. The van der Waals surface area contributed by atoms with E-state index in [0.717, 1.165) is 18.7 Å². The molecule has 19 heavy (non-hydrogen) atoms. The highest BCUT2D eigenvalue weighted by Gasteiger charge is 2.12. The van der Waals surface area contributed by atoms with Crippen LogP contribution in [-0.2, 0) is 19.4 Å². The lowest BCUT2D eigenvalue weighted by molar-refractivity contribution is 0.648. The van der Waals surface area contributed by atoms with E-state index in [2.05, 4.69) is 51.4 Å². The molecule has 100 valence electrons. The molecule has 1 heterocycles. The van der Waals surface area contributed by atoms with Crippen molar-refractivity contribution in [1.82, 2.24) is 15.0 Å². The zero-order chi connectivity index (χ0) is 13.2. The van der Waals surface area contributed by atoms with Gasteiger partial charge in [0.2, 0.25) is 0 Å². The smallest absolute Gasteiger partial charge is 0.0963 e. The summed E-state index contributed by atoms with van der Waals surface area (Å²) in [6.07, 6.45) is 6.83. The molecule has 1 aromatic heterocycles. The van der Waals surface area contributed by atoms with Crippen LogP contribution < -0.4 is 0 Å². The molecule has 3 rings (SSSR count). The summed E-state index contributed by atoms with van der Waals surface area (Å²) in [5, 5.41) is 8.43. The van der Waals surface area contributed by atoms with Crippen LogP contribution in [0.3, 0.4) is 0 Å². The number of hydrogen-bond acceptors (Lipinski definition) is 2. The number of halogens is 1. The zero-order valence-electron chi connectivity index (χ0n) is 11.1. The second-order valence-electron chi connectivity index (χ2n) is 5.17. The van der Waals surface area contributed by atoms with Gasteiger partial charge in [-0.25, -0.2) is 4.68 Å². The topological polar surface area (TPSA) is 30.7 Å². The minimum atomic E-state index is 0.307. The van der Waals surface area contributed by atoms with E-state index in [9.17, 15) is 0 Å². The number of alkyl halides is 1. The van der Waals surface area contributed by atoms with Gasteiger partial charge >= 0.3 is 0 Å². The van der Waals surface area contributed by atoms with Gasteiger partial charge in [0.15, 0.2) is 0 Å². The summed E-state index contributed by atoms with van der Waals surface area (Å²) in [5.41, 5.74) is 5.38. The Labute approximate surface area is 122 Å². The van der Waals surface area contributed by atoms with Crippen molar-refractivity contribution in [2.24, 2.45) is 0 Å². The quantitative estimate of drug-likeness (QED) is 0.805. The van der Waals surface area contributed by atoms with Crippen LogP contribution >= 0.6 is 15.9 Å². The van der Waals surface area contributed by atoms with Gasteiger partial charge in [-0.2, -0.15) is 0 Å². The van der Waals surface area contributed by atoms with Crippen molar-refractivity contribution in [2.75, 3.05) is 0 Å². The maximum Gasteiger partial charge on any atom is 0.0963 e. The lowest BCUT2D eigenvalue weighted by Crippen LogP contribution is -2.01. The van der Waals surface area contributed by atoms with Crippen molar-refractivity contribution < 1.29 is 0 Å². The van der Waals surface area contributed by atoms with Gasteiger partial charge in [0.1, 0.15) is 0 Å². The third kappa shape index (κ3) is 2.73. The molecule has 1 atom stereocenters. The highest BCUT2D eigenvalue weighted by atomic mass is 79.9. The van der Waals surface area contributed by atoms with Crippen LogP contribution in [0.5, 0.6) is 0 Å². The second-order valence-corrected chi connectivity index (χ2v) is 6.28. The molecule has 0 bridgehead atoms. The Balaban J connectivity index is 1.76. The lowest BCUT2D eigenvalue weighted by atomic mass is 10.1. The van der Waals surface area contributed by atoms with Crippen LogP contribution in [0, 0.1) is 0 Å². The summed E-state index contributed by atoms with van der Waals surface area (Å²) in [6.45, 7) is 2.95. The van der Waals surface area contributed by atoms with Crippen LogP contribution in [0.2, 0.25) is 0 Å². The van der Waals surface area contributed by atoms with Gasteiger partial charge in [-0.1, -0.05) is 46.3 Å². The molecule has 4 heteroatoms. The van der Waals surface area contributed by atoms with Gasteiger partial charge in [0, 0.05) is 6.20 Å². The van der Waals surface area contributed by atoms with Gasteiger partial charge in [-0.3, -0.25) is 0 Å². The lowest BCUT2D eigenvalue weighted by Gasteiger charge is -2.05. The average molecular weight is 320 g/mol. The molecule has 2 aromatic rings. The molecule has 1 aliphatic carbocycles. The standard InChI is InChI=1S/C15H18BrN3/c1-2-14(16)15-10-19(18-17-15)9-11-6-7-12-4-3-5-13(12)8-11/h6-8,10,14H,2-5,9H2,1H3. The minimum absolute atomic E-state index is 0.307. The molecule has 0 amide bonds. The number of aromatic nitrogens is 3. The Hall–Kier alpha value is -1.16. The van der Waals surface area contributed by atoms with Crippen LogP contribution in [0.1, 0.15) is 47.0 Å².